The third-order valence-corrected chi connectivity index (χ3v) is 5.43. The van der Waals surface area contributed by atoms with Crippen LogP contribution in [-0.2, 0) is 35.1 Å². The van der Waals surface area contributed by atoms with E-state index in [-0.39, 0.29) is 11.8 Å². The van der Waals surface area contributed by atoms with Gasteiger partial charge in [-0.3, -0.25) is 10.1 Å². The van der Waals surface area contributed by atoms with E-state index in [1.165, 1.54) is 0 Å². The van der Waals surface area contributed by atoms with Gasteiger partial charge >= 0.3 is 6.09 Å². The number of benzene rings is 1. The molecule has 0 aromatic heterocycles. The fourth-order valence-electron chi connectivity index (χ4n) is 3.89. The van der Waals surface area contributed by atoms with E-state index in [0.29, 0.717) is 39.3 Å². The highest BCUT2D eigenvalue weighted by molar-refractivity contribution is 6.28. The molecule has 0 radical (unpaired) electrons. The Morgan fingerprint density at radius 2 is 1.97 bits per heavy atom. The van der Waals surface area contributed by atoms with Crippen molar-refractivity contribution in [3.63, 3.8) is 0 Å². The van der Waals surface area contributed by atoms with Gasteiger partial charge in [0.2, 0.25) is 5.91 Å². The van der Waals surface area contributed by atoms with Crippen molar-refractivity contribution in [2.24, 2.45) is 5.92 Å². The van der Waals surface area contributed by atoms with Gasteiger partial charge in [0.15, 0.2) is 5.79 Å². The molecule has 0 bridgehead atoms. The van der Waals surface area contributed by atoms with Crippen LogP contribution in [0.15, 0.2) is 30.3 Å². The maximum Gasteiger partial charge on any atom is 0.414 e. The molecule has 2 aliphatic rings. The number of alkyl carbamates (subject to hydrolysis) is 1. The number of carbonyl (C=O) groups is 2. The van der Waals surface area contributed by atoms with Gasteiger partial charge in [-0.15, -0.1) is 11.6 Å². The summed E-state index contributed by atoms with van der Waals surface area (Å²) >= 11 is 5.41. The highest BCUT2D eigenvalue weighted by Gasteiger charge is 2.55. The van der Waals surface area contributed by atoms with Crippen LogP contribution in [0.5, 0.6) is 0 Å². The number of carbonyl (C=O) groups excluding carboxylic acids is 2. The molecule has 29 heavy (non-hydrogen) atoms. The van der Waals surface area contributed by atoms with E-state index in [4.69, 9.17) is 35.3 Å². The lowest BCUT2D eigenvalue weighted by Gasteiger charge is -2.46. The Kier molecular flexibility index (Phi) is 7.85. The van der Waals surface area contributed by atoms with Crippen molar-refractivity contribution < 1.29 is 33.3 Å². The molecule has 1 saturated heterocycles. The summed E-state index contributed by atoms with van der Waals surface area (Å²) in [7, 11) is 1.54. The molecule has 1 aromatic rings. The molecule has 1 heterocycles. The minimum atomic E-state index is -0.851. The van der Waals surface area contributed by atoms with Crippen LogP contribution >= 0.6 is 11.6 Å². The molecule has 2 amide bonds. The molecule has 1 aliphatic carbocycles. The molecule has 1 aromatic carbocycles. The summed E-state index contributed by atoms with van der Waals surface area (Å²) in [4.78, 5) is 23.3. The lowest BCUT2D eigenvalue weighted by molar-refractivity contribution is -0.267. The summed E-state index contributed by atoms with van der Waals surface area (Å²) in [6.07, 6.45) is -0.957. The first-order valence-corrected chi connectivity index (χ1v) is 10.1. The zero-order valence-electron chi connectivity index (χ0n) is 16.3. The third kappa shape index (κ3) is 5.46. The van der Waals surface area contributed by atoms with Crippen LogP contribution in [0.3, 0.4) is 0 Å². The van der Waals surface area contributed by atoms with Crippen molar-refractivity contribution in [2.75, 3.05) is 32.8 Å². The number of methoxy groups -OCH3 is 1. The lowest BCUT2D eigenvalue weighted by atomic mass is 9.79. The summed E-state index contributed by atoms with van der Waals surface area (Å²) < 4.78 is 29.0. The molecule has 3 atom stereocenters. The quantitative estimate of drug-likeness (QED) is 0.667. The second-order valence-corrected chi connectivity index (χ2v) is 7.25. The van der Waals surface area contributed by atoms with E-state index in [0.717, 1.165) is 5.56 Å². The minimum Gasteiger partial charge on any atom is -0.443 e. The number of amides is 2. The number of halogens is 1. The first-order valence-electron chi connectivity index (χ1n) is 9.57. The zero-order chi connectivity index (χ0) is 20.7. The molecule has 0 unspecified atom stereocenters. The molecular weight excluding hydrogens is 402 g/mol. The number of hydrogen-bond donors (Lipinski definition) is 1. The van der Waals surface area contributed by atoms with Gasteiger partial charge in [-0.25, -0.2) is 4.79 Å². The number of nitrogens with one attached hydrogen (secondary N) is 1. The topological polar surface area (TPSA) is 92.3 Å². The van der Waals surface area contributed by atoms with Crippen molar-refractivity contribution >= 4 is 23.6 Å². The molecule has 9 heteroatoms. The maximum absolute atomic E-state index is 12.0. The third-order valence-electron chi connectivity index (χ3n) is 5.18. The second-order valence-electron chi connectivity index (χ2n) is 6.98. The molecule has 8 nitrogen and oxygen atoms in total. The Bertz CT molecular complexity index is 681. The van der Waals surface area contributed by atoms with Crippen LogP contribution in [0.1, 0.15) is 18.4 Å². The largest absolute Gasteiger partial charge is 0.443 e. The van der Waals surface area contributed by atoms with Gasteiger partial charge in [-0.2, -0.15) is 0 Å². The standard InChI is InChI=1S/C20H26ClNO7/c1-25-18-15(13-26-12-14-5-3-2-4-6-14)20(27-9-10-28-20)8-7-16(18)29-19(24)22-17(23)11-21/h2-6,15-16,18H,7-13H2,1H3,(H,22,23,24)/t15-,16+,18-/m0/s1. The number of alkyl halides is 1. The molecule has 160 valence electrons. The average molecular weight is 428 g/mol. The van der Waals surface area contributed by atoms with Gasteiger partial charge in [0.1, 0.15) is 18.1 Å². The smallest absolute Gasteiger partial charge is 0.414 e. The van der Waals surface area contributed by atoms with E-state index >= 15 is 0 Å². The first kappa shape index (κ1) is 22.0. The van der Waals surface area contributed by atoms with Gasteiger partial charge in [0, 0.05) is 13.5 Å². The second kappa shape index (κ2) is 10.4. The van der Waals surface area contributed by atoms with E-state index < -0.39 is 30.0 Å². The minimum absolute atomic E-state index is 0.301. The molecular formula is C20H26ClNO7. The number of ether oxygens (including phenoxy) is 5. The SMILES string of the molecule is CO[C@@H]1[C@H](OC(=O)NC(=O)CCl)CCC2(OCCO2)[C@H]1COCc1ccccc1. The van der Waals surface area contributed by atoms with Crippen LogP contribution in [-0.4, -0.2) is 62.8 Å². The number of imide groups is 1. The van der Waals surface area contributed by atoms with Crippen LogP contribution in [0.2, 0.25) is 0 Å². The molecule has 2 fully saturated rings. The Morgan fingerprint density at radius 3 is 2.62 bits per heavy atom. The van der Waals surface area contributed by atoms with Crippen molar-refractivity contribution in [1.29, 1.82) is 0 Å². The highest BCUT2D eigenvalue weighted by Crippen LogP contribution is 2.43. The van der Waals surface area contributed by atoms with Crippen molar-refractivity contribution in [3.8, 4) is 0 Å². The van der Waals surface area contributed by atoms with Gasteiger partial charge in [-0.1, -0.05) is 30.3 Å². The van der Waals surface area contributed by atoms with E-state index in [1.54, 1.807) is 7.11 Å². The summed E-state index contributed by atoms with van der Waals surface area (Å²) in [6.45, 7) is 1.71. The average Bonchev–Trinajstić information content (AvgIpc) is 3.20. The molecule has 1 N–H and O–H groups in total. The monoisotopic (exact) mass is 427 g/mol. The molecule has 1 spiro atoms. The Hall–Kier alpha value is -1.71. The van der Waals surface area contributed by atoms with Gasteiger partial charge < -0.3 is 23.7 Å². The predicted octanol–water partition coefficient (Wildman–Crippen LogP) is 2.23. The number of hydrogen-bond acceptors (Lipinski definition) is 7. The van der Waals surface area contributed by atoms with Gasteiger partial charge in [0.25, 0.3) is 0 Å². The van der Waals surface area contributed by atoms with Crippen LogP contribution < -0.4 is 5.32 Å². The number of rotatable bonds is 7. The molecule has 1 saturated carbocycles. The zero-order valence-corrected chi connectivity index (χ0v) is 17.1. The first-order chi connectivity index (χ1) is 14.1. The van der Waals surface area contributed by atoms with Crippen molar-refractivity contribution in [3.05, 3.63) is 35.9 Å². The highest BCUT2D eigenvalue weighted by atomic mass is 35.5. The Balaban J connectivity index is 1.67. The summed E-state index contributed by atoms with van der Waals surface area (Å²) in [5.41, 5.74) is 1.05. The van der Waals surface area contributed by atoms with Crippen LogP contribution in [0.4, 0.5) is 4.79 Å². The van der Waals surface area contributed by atoms with Crippen molar-refractivity contribution in [1.82, 2.24) is 5.32 Å². The van der Waals surface area contributed by atoms with Crippen LogP contribution in [0, 0.1) is 5.92 Å². The Labute approximate surface area is 174 Å². The van der Waals surface area contributed by atoms with E-state index in [9.17, 15) is 9.59 Å². The van der Waals surface area contributed by atoms with Crippen LogP contribution in [0.25, 0.3) is 0 Å². The molecule has 3 rings (SSSR count). The predicted molar refractivity (Wildman–Crippen MR) is 103 cm³/mol. The summed E-state index contributed by atoms with van der Waals surface area (Å²) in [5.74, 6) is -2.09. The summed E-state index contributed by atoms with van der Waals surface area (Å²) in [5, 5.41) is 2.08. The summed E-state index contributed by atoms with van der Waals surface area (Å²) in [6, 6.07) is 9.82. The normalized spacial score (nSPS) is 25.7. The van der Waals surface area contributed by atoms with Gasteiger partial charge in [0.05, 0.1) is 32.3 Å². The fraction of sp³-hybridized carbons (Fsp3) is 0.600. The van der Waals surface area contributed by atoms with Gasteiger partial charge in [-0.05, 0) is 12.0 Å². The van der Waals surface area contributed by atoms with E-state index in [2.05, 4.69) is 5.32 Å². The maximum atomic E-state index is 12.0. The molecule has 1 aliphatic heterocycles. The van der Waals surface area contributed by atoms with E-state index in [1.807, 2.05) is 30.3 Å². The van der Waals surface area contributed by atoms with Crippen molar-refractivity contribution in [2.45, 2.75) is 37.4 Å². The fourth-order valence-corrected chi connectivity index (χ4v) is 3.95. The Morgan fingerprint density at radius 1 is 1.24 bits per heavy atom. The lowest BCUT2D eigenvalue weighted by Crippen LogP contribution is -2.58.